The quantitative estimate of drug-likeness (QED) is 0.808. The van der Waals surface area contributed by atoms with Crippen LogP contribution in [-0.2, 0) is 15.1 Å². The third-order valence-corrected chi connectivity index (χ3v) is 4.07. The molecule has 0 fully saturated rings. The van der Waals surface area contributed by atoms with Gasteiger partial charge in [-0.25, -0.2) is 4.79 Å². The Morgan fingerprint density at radius 3 is 2.04 bits per heavy atom. The van der Waals surface area contributed by atoms with Crippen LogP contribution in [0.5, 0.6) is 0 Å². The number of nitrogens with zero attached hydrogens (tertiary/aromatic N) is 1. The van der Waals surface area contributed by atoms with E-state index in [9.17, 15) is 27.9 Å². The summed E-state index contributed by atoms with van der Waals surface area (Å²) in [6.07, 6.45) is -5.27. The Hall–Kier alpha value is -2.87. The molecule has 0 aromatic heterocycles. The molecule has 5 nitrogen and oxygen atoms in total. The summed E-state index contributed by atoms with van der Waals surface area (Å²) in [5.41, 5.74) is -3.75. The average molecular weight is 381 g/mol. The Balaban J connectivity index is 2.40. The van der Waals surface area contributed by atoms with Gasteiger partial charge in [0.2, 0.25) is 0 Å². The van der Waals surface area contributed by atoms with Gasteiger partial charge in [-0.05, 0) is 31.2 Å². The molecule has 0 saturated carbocycles. The van der Waals surface area contributed by atoms with Gasteiger partial charge < -0.3 is 14.7 Å². The number of amides is 1. The van der Waals surface area contributed by atoms with E-state index in [-0.39, 0.29) is 12.5 Å². The minimum absolute atomic E-state index is 0.271. The molecular formula is C19H18F3NO4. The highest BCUT2D eigenvalue weighted by Crippen LogP contribution is 2.40. The summed E-state index contributed by atoms with van der Waals surface area (Å²) in [4.78, 5) is 25.6. The van der Waals surface area contributed by atoms with Gasteiger partial charge >= 0.3 is 12.1 Å². The van der Waals surface area contributed by atoms with E-state index in [4.69, 9.17) is 0 Å². The van der Waals surface area contributed by atoms with Crippen molar-refractivity contribution in [1.82, 2.24) is 0 Å². The number of aliphatic hydroxyl groups is 1. The number of hydrogen-bond acceptors (Lipinski definition) is 4. The highest BCUT2D eigenvalue weighted by molar-refractivity contribution is 6.06. The van der Waals surface area contributed by atoms with Crippen molar-refractivity contribution in [2.45, 2.75) is 18.7 Å². The predicted molar refractivity (Wildman–Crippen MR) is 92.2 cm³/mol. The Kier molecular flexibility index (Phi) is 5.90. The molecule has 0 heterocycles. The molecule has 0 aliphatic rings. The highest BCUT2D eigenvalue weighted by atomic mass is 19.4. The Morgan fingerprint density at radius 2 is 1.59 bits per heavy atom. The molecule has 0 aliphatic carbocycles. The fraction of sp³-hybridized carbons (Fsp3) is 0.263. The van der Waals surface area contributed by atoms with E-state index in [0.29, 0.717) is 11.3 Å². The molecule has 2 aromatic rings. The number of carbonyl (C=O) groups is 2. The lowest BCUT2D eigenvalue weighted by Gasteiger charge is -2.28. The zero-order valence-corrected chi connectivity index (χ0v) is 14.7. The third kappa shape index (κ3) is 3.80. The summed E-state index contributed by atoms with van der Waals surface area (Å²) < 4.78 is 44.0. The van der Waals surface area contributed by atoms with Crippen LogP contribution in [0.25, 0.3) is 0 Å². The Bertz CT molecular complexity index is 806. The molecule has 8 heteroatoms. The molecule has 2 aromatic carbocycles. The van der Waals surface area contributed by atoms with E-state index >= 15 is 0 Å². The number of halogens is 3. The van der Waals surface area contributed by atoms with E-state index in [0.717, 1.165) is 19.2 Å². The molecule has 1 N–H and O–H groups in total. The van der Waals surface area contributed by atoms with Gasteiger partial charge in [0.05, 0.1) is 7.11 Å². The van der Waals surface area contributed by atoms with Crippen molar-refractivity contribution in [3.05, 3.63) is 65.7 Å². The largest absolute Gasteiger partial charge is 0.466 e. The van der Waals surface area contributed by atoms with Crippen molar-refractivity contribution in [3.63, 3.8) is 0 Å². The van der Waals surface area contributed by atoms with Gasteiger partial charge in [-0.15, -0.1) is 0 Å². The SMILES string of the molecule is CCN(C(=O)c1ccccc1)c1ccc([C@@](O)(C(=O)OC)C(F)(F)F)cc1. The van der Waals surface area contributed by atoms with Crippen LogP contribution in [0, 0.1) is 0 Å². The number of rotatable bonds is 5. The second-order valence-electron chi connectivity index (χ2n) is 5.66. The van der Waals surface area contributed by atoms with Crippen LogP contribution in [0.15, 0.2) is 54.6 Å². The zero-order chi connectivity index (χ0) is 20.2. The molecule has 0 unspecified atom stereocenters. The molecule has 2 rings (SSSR count). The lowest BCUT2D eigenvalue weighted by molar-refractivity contribution is -0.266. The Morgan fingerprint density at radius 1 is 1.04 bits per heavy atom. The zero-order valence-electron chi connectivity index (χ0n) is 14.7. The highest BCUT2D eigenvalue weighted by Gasteiger charge is 2.62. The van der Waals surface area contributed by atoms with Crippen LogP contribution in [-0.4, -0.2) is 36.8 Å². The van der Waals surface area contributed by atoms with E-state index < -0.39 is 23.3 Å². The van der Waals surface area contributed by atoms with Gasteiger partial charge in [0.1, 0.15) is 0 Å². The molecule has 0 aliphatic heterocycles. The van der Waals surface area contributed by atoms with Crippen LogP contribution in [0.4, 0.5) is 18.9 Å². The number of ether oxygens (including phenoxy) is 1. The van der Waals surface area contributed by atoms with Crippen LogP contribution in [0.2, 0.25) is 0 Å². The summed E-state index contributed by atoms with van der Waals surface area (Å²) in [6, 6.07) is 12.8. The summed E-state index contributed by atoms with van der Waals surface area (Å²) in [7, 11) is 0.755. The van der Waals surface area contributed by atoms with Gasteiger partial charge in [0.25, 0.3) is 11.5 Å². The minimum Gasteiger partial charge on any atom is -0.466 e. The normalized spacial score (nSPS) is 13.6. The average Bonchev–Trinajstić information content (AvgIpc) is 2.67. The Labute approximate surface area is 154 Å². The van der Waals surface area contributed by atoms with Crippen molar-refractivity contribution >= 4 is 17.6 Å². The predicted octanol–water partition coefficient (Wildman–Crippen LogP) is 3.28. The number of methoxy groups -OCH3 is 1. The smallest absolute Gasteiger partial charge is 0.432 e. The summed E-state index contributed by atoms with van der Waals surface area (Å²) in [5.74, 6) is -2.17. The fourth-order valence-corrected chi connectivity index (χ4v) is 2.61. The number of alkyl halides is 3. The van der Waals surface area contributed by atoms with Crippen molar-refractivity contribution in [2.24, 2.45) is 0 Å². The van der Waals surface area contributed by atoms with Gasteiger partial charge in [0, 0.05) is 23.4 Å². The number of carbonyl (C=O) groups excluding carboxylic acids is 2. The molecule has 1 atom stereocenters. The summed E-state index contributed by atoms with van der Waals surface area (Å²) >= 11 is 0. The maximum atomic E-state index is 13.3. The van der Waals surface area contributed by atoms with E-state index in [2.05, 4.69) is 4.74 Å². The first-order valence-corrected chi connectivity index (χ1v) is 8.01. The van der Waals surface area contributed by atoms with E-state index in [1.807, 2.05) is 0 Å². The van der Waals surface area contributed by atoms with E-state index in [1.54, 1.807) is 37.3 Å². The monoisotopic (exact) mass is 381 g/mol. The fourth-order valence-electron chi connectivity index (χ4n) is 2.61. The lowest BCUT2D eigenvalue weighted by Crippen LogP contribution is -2.49. The molecule has 0 spiro atoms. The number of anilines is 1. The van der Waals surface area contributed by atoms with Crippen molar-refractivity contribution < 1.29 is 32.6 Å². The number of benzene rings is 2. The molecule has 0 bridgehead atoms. The van der Waals surface area contributed by atoms with Crippen LogP contribution >= 0.6 is 0 Å². The lowest BCUT2D eigenvalue weighted by atomic mass is 9.93. The second-order valence-corrected chi connectivity index (χ2v) is 5.66. The van der Waals surface area contributed by atoms with Crippen molar-refractivity contribution in [3.8, 4) is 0 Å². The van der Waals surface area contributed by atoms with Crippen molar-refractivity contribution in [1.29, 1.82) is 0 Å². The summed E-state index contributed by atoms with van der Waals surface area (Å²) in [5, 5.41) is 9.98. The summed E-state index contributed by atoms with van der Waals surface area (Å²) in [6.45, 7) is 1.99. The van der Waals surface area contributed by atoms with Gasteiger partial charge in [0.15, 0.2) is 0 Å². The maximum absolute atomic E-state index is 13.3. The first-order chi connectivity index (χ1) is 12.7. The molecule has 0 saturated heterocycles. The maximum Gasteiger partial charge on any atom is 0.432 e. The molecule has 144 valence electrons. The standard InChI is InChI=1S/C19H18F3NO4/c1-3-23(16(24)13-7-5-4-6-8-13)15-11-9-14(10-12-15)18(26,17(25)27-2)19(20,21)22/h4-12,26H,3H2,1-2H3/t18-/m1/s1. The second kappa shape index (κ2) is 7.79. The number of esters is 1. The van der Waals surface area contributed by atoms with Crippen LogP contribution < -0.4 is 4.90 Å². The number of hydrogen-bond donors (Lipinski definition) is 1. The van der Waals surface area contributed by atoms with Gasteiger partial charge in [-0.2, -0.15) is 13.2 Å². The van der Waals surface area contributed by atoms with E-state index in [1.165, 1.54) is 17.0 Å². The minimum atomic E-state index is -5.27. The first kappa shape index (κ1) is 20.4. The molecule has 0 radical (unpaired) electrons. The molecule has 27 heavy (non-hydrogen) atoms. The topological polar surface area (TPSA) is 66.8 Å². The molecule has 1 amide bonds. The van der Waals surface area contributed by atoms with Gasteiger partial charge in [-0.1, -0.05) is 30.3 Å². The van der Waals surface area contributed by atoms with Crippen molar-refractivity contribution in [2.75, 3.05) is 18.6 Å². The third-order valence-electron chi connectivity index (χ3n) is 4.07. The first-order valence-electron chi connectivity index (χ1n) is 8.01. The molecular weight excluding hydrogens is 363 g/mol. The van der Waals surface area contributed by atoms with Gasteiger partial charge in [-0.3, -0.25) is 4.79 Å². The van der Waals surface area contributed by atoms with Crippen LogP contribution in [0.1, 0.15) is 22.8 Å². The van der Waals surface area contributed by atoms with Crippen LogP contribution in [0.3, 0.4) is 0 Å².